The number of hydrogen-bond donors (Lipinski definition) is 3. The van der Waals surface area contributed by atoms with E-state index in [1.807, 2.05) is 6.92 Å². The molecule has 0 bridgehead atoms. The topological polar surface area (TPSA) is 78.0 Å². The first kappa shape index (κ1) is 13.7. The SMILES string of the molecule is CCCc1cc(C(=O)NCCC(O)CC)n[nH]1. The summed E-state index contributed by atoms with van der Waals surface area (Å²) in [6.07, 6.45) is 2.86. The lowest BCUT2D eigenvalue weighted by Crippen LogP contribution is -2.27. The van der Waals surface area contributed by atoms with Crippen molar-refractivity contribution in [1.29, 1.82) is 0 Å². The van der Waals surface area contributed by atoms with Crippen LogP contribution in [-0.2, 0) is 6.42 Å². The van der Waals surface area contributed by atoms with Gasteiger partial charge in [0.05, 0.1) is 6.10 Å². The second kappa shape index (κ2) is 7.06. The summed E-state index contributed by atoms with van der Waals surface area (Å²) >= 11 is 0. The highest BCUT2D eigenvalue weighted by atomic mass is 16.3. The van der Waals surface area contributed by atoms with Crippen LogP contribution < -0.4 is 5.32 Å². The first-order chi connectivity index (χ1) is 8.17. The Hall–Kier alpha value is -1.36. The van der Waals surface area contributed by atoms with Crippen LogP contribution >= 0.6 is 0 Å². The number of nitrogens with one attached hydrogen (secondary N) is 2. The number of aromatic nitrogens is 2. The van der Waals surface area contributed by atoms with Gasteiger partial charge in [0, 0.05) is 12.2 Å². The molecule has 5 heteroatoms. The van der Waals surface area contributed by atoms with Crippen LogP contribution in [0.1, 0.15) is 49.3 Å². The lowest BCUT2D eigenvalue weighted by Gasteiger charge is -2.07. The van der Waals surface area contributed by atoms with E-state index < -0.39 is 0 Å². The van der Waals surface area contributed by atoms with Crippen LogP contribution in [0.25, 0.3) is 0 Å². The summed E-state index contributed by atoms with van der Waals surface area (Å²) in [6.45, 7) is 4.47. The first-order valence-electron chi connectivity index (χ1n) is 6.17. The molecule has 5 nitrogen and oxygen atoms in total. The minimum absolute atomic E-state index is 0.188. The minimum atomic E-state index is -0.342. The molecule has 0 radical (unpaired) electrons. The fourth-order valence-corrected chi connectivity index (χ4v) is 1.52. The molecule has 0 fully saturated rings. The van der Waals surface area contributed by atoms with Crippen LogP contribution in [0.3, 0.4) is 0 Å². The highest BCUT2D eigenvalue weighted by Gasteiger charge is 2.10. The van der Waals surface area contributed by atoms with E-state index in [0.29, 0.717) is 25.1 Å². The van der Waals surface area contributed by atoms with Gasteiger partial charge in [-0.2, -0.15) is 5.10 Å². The van der Waals surface area contributed by atoms with Gasteiger partial charge in [0.2, 0.25) is 0 Å². The molecule has 1 heterocycles. The number of carbonyl (C=O) groups excluding carboxylic acids is 1. The Labute approximate surface area is 102 Å². The van der Waals surface area contributed by atoms with Gasteiger partial charge in [-0.1, -0.05) is 20.3 Å². The zero-order valence-corrected chi connectivity index (χ0v) is 10.5. The summed E-state index contributed by atoms with van der Waals surface area (Å²) < 4.78 is 0. The van der Waals surface area contributed by atoms with E-state index in [1.54, 1.807) is 6.07 Å². The number of aliphatic hydroxyl groups excluding tert-OH is 1. The molecule has 1 amide bonds. The maximum Gasteiger partial charge on any atom is 0.271 e. The third-order valence-electron chi connectivity index (χ3n) is 2.62. The second-order valence-corrected chi connectivity index (χ2v) is 4.14. The van der Waals surface area contributed by atoms with Gasteiger partial charge in [0.15, 0.2) is 0 Å². The number of aryl methyl sites for hydroxylation is 1. The summed E-state index contributed by atoms with van der Waals surface area (Å²) in [7, 11) is 0. The monoisotopic (exact) mass is 239 g/mol. The van der Waals surface area contributed by atoms with Crippen LogP contribution in [-0.4, -0.2) is 33.9 Å². The molecule has 0 aliphatic heterocycles. The number of amides is 1. The van der Waals surface area contributed by atoms with Gasteiger partial charge < -0.3 is 10.4 Å². The van der Waals surface area contributed by atoms with Crippen LogP contribution in [0.2, 0.25) is 0 Å². The Morgan fingerprint density at radius 3 is 3.00 bits per heavy atom. The number of hydrogen-bond acceptors (Lipinski definition) is 3. The number of rotatable bonds is 7. The highest BCUT2D eigenvalue weighted by molar-refractivity contribution is 5.92. The van der Waals surface area contributed by atoms with Crippen molar-refractivity contribution in [1.82, 2.24) is 15.5 Å². The maximum absolute atomic E-state index is 11.7. The van der Waals surface area contributed by atoms with Gasteiger partial charge >= 0.3 is 0 Å². The molecule has 1 aromatic heterocycles. The number of aliphatic hydroxyl groups is 1. The molecule has 3 N–H and O–H groups in total. The molecular weight excluding hydrogens is 218 g/mol. The van der Waals surface area contributed by atoms with Crippen molar-refractivity contribution in [2.24, 2.45) is 0 Å². The molecule has 17 heavy (non-hydrogen) atoms. The van der Waals surface area contributed by atoms with Crippen molar-refractivity contribution < 1.29 is 9.90 Å². The van der Waals surface area contributed by atoms with E-state index in [2.05, 4.69) is 22.4 Å². The standard InChI is InChI=1S/C12H21N3O2/c1-3-5-9-8-11(15-14-9)12(17)13-7-6-10(16)4-2/h8,10,16H,3-7H2,1-2H3,(H,13,17)(H,14,15). The van der Waals surface area contributed by atoms with Crippen molar-refractivity contribution in [2.45, 2.75) is 45.6 Å². The number of carbonyl (C=O) groups is 1. The van der Waals surface area contributed by atoms with Crippen molar-refractivity contribution in [3.63, 3.8) is 0 Å². The van der Waals surface area contributed by atoms with E-state index in [0.717, 1.165) is 18.5 Å². The molecule has 1 aromatic rings. The van der Waals surface area contributed by atoms with Gasteiger partial charge in [0.1, 0.15) is 5.69 Å². The average Bonchev–Trinajstić information content (AvgIpc) is 2.78. The second-order valence-electron chi connectivity index (χ2n) is 4.14. The first-order valence-corrected chi connectivity index (χ1v) is 6.17. The largest absolute Gasteiger partial charge is 0.393 e. The van der Waals surface area contributed by atoms with Gasteiger partial charge in [0.25, 0.3) is 5.91 Å². The smallest absolute Gasteiger partial charge is 0.271 e. The summed E-state index contributed by atoms with van der Waals surface area (Å²) in [5.41, 5.74) is 1.39. The van der Waals surface area contributed by atoms with Crippen molar-refractivity contribution in [3.8, 4) is 0 Å². The Morgan fingerprint density at radius 1 is 1.59 bits per heavy atom. The Kier molecular flexibility index (Phi) is 5.69. The van der Waals surface area contributed by atoms with E-state index >= 15 is 0 Å². The zero-order valence-electron chi connectivity index (χ0n) is 10.5. The molecule has 0 aliphatic rings. The van der Waals surface area contributed by atoms with Crippen LogP contribution in [0, 0.1) is 0 Å². The molecule has 96 valence electrons. The number of H-pyrrole nitrogens is 1. The van der Waals surface area contributed by atoms with Crippen molar-refractivity contribution in [3.05, 3.63) is 17.5 Å². The zero-order chi connectivity index (χ0) is 12.7. The summed E-state index contributed by atoms with van der Waals surface area (Å²) in [4.78, 5) is 11.7. The van der Waals surface area contributed by atoms with Gasteiger partial charge in [-0.3, -0.25) is 9.89 Å². The lowest BCUT2D eigenvalue weighted by molar-refractivity contribution is 0.0937. The van der Waals surface area contributed by atoms with E-state index in [9.17, 15) is 9.90 Å². The van der Waals surface area contributed by atoms with Gasteiger partial charge in [-0.15, -0.1) is 0 Å². The fraction of sp³-hybridized carbons (Fsp3) is 0.667. The third kappa shape index (κ3) is 4.56. The predicted octanol–water partition coefficient (Wildman–Crippen LogP) is 1.25. The molecule has 0 saturated heterocycles. The quantitative estimate of drug-likeness (QED) is 0.670. The Balaban J connectivity index is 2.36. The average molecular weight is 239 g/mol. The van der Waals surface area contributed by atoms with Gasteiger partial charge in [-0.25, -0.2) is 0 Å². The molecule has 0 saturated carbocycles. The van der Waals surface area contributed by atoms with E-state index in [-0.39, 0.29) is 12.0 Å². The Morgan fingerprint density at radius 2 is 2.35 bits per heavy atom. The lowest BCUT2D eigenvalue weighted by atomic mass is 10.2. The Bertz CT molecular complexity index is 349. The highest BCUT2D eigenvalue weighted by Crippen LogP contribution is 2.02. The van der Waals surface area contributed by atoms with E-state index in [4.69, 9.17) is 0 Å². The van der Waals surface area contributed by atoms with Crippen molar-refractivity contribution in [2.75, 3.05) is 6.54 Å². The summed E-state index contributed by atoms with van der Waals surface area (Å²) in [5, 5.41) is 18.9. The van der Waals surface area contributed by atoms with Crippen LogP contribution in [0.15, 0.2) is 6.07 Å². The van der Waals surface area contributed by atoms with E-state index in [1.165, 1.54) is 0 Å². The molecule has 1 atom stereocenters. The normalized spacial score (nSPS) is 12.4. The molecule has 1 rings (SSSR count). The molecule has 1 unspecified atom stereocenters. The molecule has 0 spiro atoms. The molecule has 0 aliphatic carbocycles. The minimum Gasteiger partial charge on any atom is -0.393 e. The third-order valence-corrected chi connectivity index (χ3v) is 2.62. The summed E-state index contributed by atoms with van der Waals surface area (Å²) in [6, 6.07) is 1.77. The maximum atomic E-state index is 11.7. The van der Waals surface area contributed by atoms with Gasteiger partial charge in [-0.05, 0) is 25.3 Å². The number of nitrogens with zero attached hydrogens (tertiary/aromatic N) is 1. The summed E-state index contributed by atoms with van der Waals surface area (Å²) in [5.74, 6) is -0.188. The van der Waals surface area contributed by atoms with Crippen LogP contribution in [0.5, 0.6) is 0 Å². The predicted molar refractivity (Wildman–Crippen MR) is 65.8 cm³/mol. The van der Waals surface area contributed by atoms with Crippen LogP contribution in [0.4, 0.5) is 0 Å². The fourth-order valence-electron chi connectivity index (χ4n) is 1.52. The van der Waals surface area contributed by atoms with Crippen molar-refractivity contribution >= 4 is 5.91 Å². The number of aromatic amines is 1. The molecular formula is C12H21N3O2. The molecule has 0 aromatic carbocycles.